The number of nitrogens with one attached hydrogen (secondary N) is 1. The molecule has 5 heteroatoms. The lowest BCUT2D eigenvalue weighted by atomic mass is 9.85. The van der Waals surface area contributed by atoms with E-state index < -0.39 is 17.8 Å². The summed E-state index contributed by atoms with van der Waals surface area (Å²) >= 11 is 0. The molecule has 0 unspecified atom stereocenters. The van der Waals surface area contributed by atoms with Crippen molar-refractivity contribution in [3.8, 4) is 0 Å². The van der Waals surface area contributed by atoms with Crippen molar-refractivity contribution in [2.75, 3.05) is 6.54 Å². The monoisotopic (exact) mass is 237 g/mol. The highest BCUT2D eigenvalue weighted by Crippen LogP contribution is 2.28. The molecule has 2 atom stereocenters. The van der Waals surface area contributed by atoms with E-state index in [1.807, 2.05) is 0 Å². The van der Waals surface area contributed by atoms with Gasteiger partial charge in [-0.05, 0) is 18.1 Å². The van der Waals surface area contributed by atoms with Crippen LogP contribution in [0.25, 0.3) is 0 Å². The first-order valence-corrected chi connectivity index (χ1v) is 5.34. The van der Waals surface area contributed by atoms with Crippen LogP contribution in [0.5, 0.6) is 0 Å². The third kappa shape index (κ3) is 2.27. The smallest absolute Gasteiger partial charge is 0.316 e. The van der Waals surface area contributed by atoms with Gasteiger partial charge in [-0.2, -0.15) is 0 Å². The van der Waals surface area contributed by atoms with E-state index in [0.717, 1.165) is 0 Å². The second kappa shape index (κ2) is 4.53. The maximum Gasteiger partial charge on any atom is 0.316 e. The van der Waals surface area contributed by atoms with E-state index in [1.54, 1.807) is 18.2 Å². The fourth-order valence-electron chi connectivity index (χ4n) is 2.08. The van der Waals surface area contributed by atoms with E-state index in [9.17, 15) is 14.0 Å². The molecule has 0 aliphatic carbocycles. The molecule has 0 saturated carbocycles. The van der Waals surface area contributed by atoms with Crippen molar-refractivity contribution < 1.29 is 19.1 Å². The molecule has 1 aromatic rings. The van der Waals surface area contributed by atoms with Gasteiger partial charge in [-0.1, -0.05) is 18.2 Å². The number of halogens is 1. The fourth-order valence-corrected chi connectivity index (χ4v) is 2.08. The first-order chi connectivity index (χ1) is 8.09. The number of rotatable bonds is 2. The highest BCUT2D eigenvalue weighted by Gasteiger charge is 2.35. The van der Waals surface area contributed by atoms with Gasteiger partial charge in [-0.25, -0.2) is 4.39 Å². The van der Waals surface area contributed by atoms with E-state index in [1.165, 1.54) is 6.07 Å². The van der Waals surface area contributed by atoms with Crippen LogP contribution in [0.15, 0.2) is 24.3 Å². The zero-order valence-electron chi connectivity index (χ0n) is 9.02. The standard InChI is InChI=1S/C12H12FNO3/c13-10-4-2-1-3-8(10)7-5-9(12(16)17)11(15)14-6-7/h1-4,7,9H,5-6H2,(H,14,15)(H,16,17)/t7-,9+/m1/s1. The van der Waals surface area contributed by atoms with Crippen LogP contribution in [0, 0.1) is 11.7 Å². The largest absolute Gasteiger partial charge is 0.481 e. The van der Waals surface area contributed by atoms with Crippen molar-refractivity contribution in [1.82, 2.24) is 5.32 Å². The molecule has 0 spiro atoms. The van der Waals surface area contributed by atoms with Gasteiger partial charge in [0.1, 0.15) is 11.7 Å². The molecule has 4 nitrogen and oxygen atoms in total. The summed E-state index contributed by atoms with van der Waals surface area (Å²) in [5.41, 5.74) is 0.457. The minimum absolute atomic E-state index is 0.141. The molecule has 1 fully saturated rings. The van der Waals surface area contributed by atoms with Crippen LogP contribution < -0.4 is 5.32 Å². The summed E-state index contributed by atoms with van der Waals surface area (Å²) in [6.07, 6.45) is 0.141. The van der Waals surface area contributed by atoms with E-state index in [0.29, 0.717) is 5.56 Å². The van der Waals surface area contributed by atoms with E-state index in [-0.39, 0.29) is 24.7 Å². The molecule has 1 aliphatic heterocycles. The Morgan fingerprint density at radius 2 is 2.12 bits per heavy atom. The van der Waals surface area contributed by atoms with Crippen molar-refractivity contribution in [2.45, 2.75) is 12.3 Å². The minimum Gasteiger partial charge on any atom is -0.481 e. The third-order valence-electron chi connectivity index (χ3n) is 3.00. The first-order valence-electron chi connectivity index (χ1n) is 5.34. The maximum atomic E-state index is 13.5. The number of carboxylic acid groups (broad SMARTS) is 1. The second-order valence-electron chi connectivity index (χ2n) is 4.09. The predicted molar refractivity (Wildman–Crippen MR) is 57.9 cm³/mol. The number of carbonyl (C=O) groups excluding carboxylic acids is 1. The lowest BCUT2D eigenvalue weighted by Crippen LogP contribution is -2.44. The van der Waals surface area contributed by atoms with Gasteiger partial charge in [0.15, 0.2) is 0 Å². The van der Waals surface area contributed by atoms with Gasteiger partial charge >= 0.3 is 5.97 Å². The van der Waals surface area contributed by atoms with Crippen LogP contribution in [-0.4, -0.2) is 23.5 Å². The van der Waals surface area contributed by atoms with Crippen LogP contribution in [-0.2, 0) is 9.59 Å². The zero-order valence-corrected chi connectivity index (χ0v) is 9.02. The Bertz CT molecular complexity index is 461. The number of carboxylic acids is 1. The topological polar surface area (TPSA) is 66.4 Å². The number of piperidine rings is 1. The van der Waals surface area contributed by atoms with E-state index in [2.05, 4.69) is 5.32 Å². The molecular weight excluding hydrogens is 225 g/mol. The van der Waals surface area contributed by atoms with Gasteiger partial charge in [0.05, 0.1) is 0 Å². The molecule has 1 saturated heterocycles. The van der Waals surface area contributed by atoms with Gasteiger partial charge < -0.3 is 10.4 Å². The highest BCUT2D eigenvalue weighted by atomic mass is 19.1. The van der Waals surface area contributed by atoms with Crippen LogP contribution in [0.2, 0.25) is 0 Å². The van der Waals surface area contributed by atoms with Crippen molar-refractivity contribution in [3.05, 3.63) is 35.6 Å². The average Bonchev–Trinajstić information content (AvgIpc) is 2.30. The van der Waals surface area contributed by atoms with Crippen LogP contribution in [0.3, 0.4) is 0 Å². The predicted octanol–water partition coefficient (Wildman–Crippen LogP) is 1.13. The van der Waals surface area contributed by atoms with Crippen LogP contribution in [0.1, 0.15) is 17.9 Å². The summed E-state index contributed by atoms with van der Waals surface area (Å²) in [6.45, 7) is 0.281. The number of aliphatic carboxylic acids is 1. The zero-order chi connectivity index (χ0) is 12.4. The molecule has 2 rings (SSSR count). The van der Waals surface area contributed by atoms with Crippen molar-refractivity contribution in [2.24, 2.45) is 5.92 Å². The summed E-state index contributed by atoms with van der Waals surface area (Å²) in [4.78, 5) is 22.2. The Kier molecular flexibility index (Phi) is 3.08. The lowest BCUT2D eigenvalue weighted by molar-refractivity contribution is -0.148. The summed E-state index contributed by atoms with van der Waals surface area (Å²) in [7, 11) is 0. The Morgan fingerprint density at radius 1 is 1.41 bits per heavy atom. The highest BCUT2D eigenvalue weighted by molar-refractivity contribution is 5.97. The first kappa shape index (κ1) is 11.6. The Balaban J connectivity index is 2.22. The molecule has 17 heavy (non-hydrogen) atoms. The van der Waals surface area contributed by atoms with Crippen molar-refractivity contribution in [3.63, 3.8) is 0 Å². The van der Waals surface area contributed by atoms with E-state index in [4.69, 9.17) is 5.11 Å². The number of benzene rings is 1. The molecule has 1 aromatic carbocycles. The Labute approximate surface area is 97.4 Å². The van der Waals surface area contributed by atoms with Crippen molar-refractivity contribution in [1.29, 1.82) is 0 Å². The molecule has 0 aromatic heterocycles. The molecule has 90 valence electrons. The summed E-state index contributed by atoms with van der Waals surface area (Å²) in [5, 5.41) is 11.4. The average molecular weight is 237 g/mol. The molecule has 0 radical (unpaired) electrons. The normalized spacial score (nSPS) is 24.2. The summed E-state index contributed by atoms with van der Waals surface area (Å²) < 4.78 is 13.5. The molecular formula is C12H12FNO3. The Morgan fingerprint density at radius 3 is 2.76 bits per heavy atom. The maximum absolute atomic E-state index is 13.5. The molecule has 2 N–H and O–H groups in total. The van der Waals surface area contributed by atoms with Gasteiger partial charge in [0.25, 0.3) is 0 Å². The second-order valence-corrected chi connectivity index (χ2v) is 4.09. The summed E-state index contributed by atoms with van der Waals surface area (Å²) in [5.74, 6) is -3.39. The molecule has 1 heterocycles. The van der Waals surface area contributed by atoms with Crippen LogP contribution in [0.4, 0.5) is 4.39 Å². The van der Waals surface area contributed by atoms with Crippen molar-refractivity contribution >= 4 is 11.9 Å². The summed E-state index contributed by atoms with van der Waals surface area (Å²) in [6, 6.07) is 6.23. The SMILES string of the molecule is O=C(O)[C@H]1C[C@@H](c2ccccc2F)CNC1=O. The number of amides is 1. The van der Waals surface area contributed by atoms with Gasteiger partial charge in [-0.15, -0.1) is 0 Å². The lowest BCUT2D eigenvalue weighted by Gasteiger charge is -2.27. The number of carbonyl (C=O) groups is 2. The van der Waals surface area contributed by atoms with Gasteiger partial charge in [-0.3, -0.25) is 9.59 Å². The minimum atomic E-state index is -1.16. The molecule has 1 amide bonds. The van der Waals surface area contributed by atoms with Gasteiger partial charge in [0, 0.05) is 12.5 Å². The fraction of sp³-hybridized carbons (Fsp3) is 0.333. The van der Waals surface area contributed by atoms with E-state index >= 15 is 0 Å². The quantitative estimate of drug-likeness (QED) is 0.758. The Hall–Kier alpha value is -1.91. The third-order valence-corrected chi connectivity index (χ3v) is 3.00. The van der Waals surface area contributed by atoms with Gasteiger partial charge in [0.2, 0.25) is 5.91 Å². The molecule has 1 aliphatic rings. The molecule has 0 bridgehead atoms. The van der Waals surface area contributed by atoms with Crippen LogP contribution >= 0.6 is 0 Å². The number of hydrogen-bond donors (Lipinski definition) is 2. The number of hydrogen-bond acceptors (Lipinski definition) is 2.